The third-order valence-electron chi connectivity index (χ3n) is 3.73. The number of hydrogen-bond acceptors (Lipinski definition) is 5. The Labute approximate surface area is 115 Å². The van der Waals surface area contributed by atoms with E-state index in [1.807, 2.05) is 6.07 Å². The maximum atomic E-state index is 4.63. The zero-order chi connectivity index (χ0) is 12.8. The molecule has 0 saturated carbocycles. The maximum Gasteiger partial charge on any atom is 0.223 e. The molecule has 0 spiro atoms. The molecule has 2 aromatic heterocycles. The van der Waals surface area contributed by atoms with Gasteiger partial charge in [0.05, 0.1) is 11.0 Å². The maximum absolute atomic E-state index is 4.63. The molecule has 0 amide bonds. The van der Waals surface area contributed by atoms with Gasteiger partial charge in [0, 0.05) is 37.7 Å². The average molecular weight is 273 g/mol. The normalized spacial score (nSPS) is 17.6. The van der Waals surface area contributed by atoms with Gasteiger partial charge < -0.3 is 9.80 Å². The molecule has 1 aliphatic rings. The number of para-hydroxylation sites is 2. The molecule has 0 bridgehead atoms. The number of nitrogens with zero attached hydrogens (tertiary/aromatic N) is 5. The first-order chi connectivity index (χ1) is 9.33. The number of rotatable bonds is 1. The van der Waals surface area contributed by atoms with E-state index in [0.717, 1.165) is 48.1 Å². The van der Waals surface area contributed by atoms with Crippen LogP contribution in [0.2, 0.25) is 0 Å². The number of likely N-dealkylation sites (N-methyl/N-ethyl adjacent to an activating group) is 1. The van der Waals surface area contributed by atoms with Crippen molar-refractivity contribution >= 4 is 33.5 Å². The summed E-state index contributed by atoms with van der Waals surface area (Å²) in [6.45, 7) is 4.24. The minimum Gasteiger partial charge on any atom is -0.339 e. The minimum absolute atomic E-state index is 0.982. The number of imidazole rings is 1. The summed E-state index contributed by atoms with van der Waals surface area (Å²) in [6.07, 6.45) is 0. The monoisotopic (exact) mass is 273 g/mol. The molecule has 0 radical (unpaired) electrons. The molecule has 3 aromatic rings. The predicted octanol–water partition coefficient (Wildman–Crippen LogP) is 1.70. The van der Waals surface area contributed by atoms with Crippen molar-refractivity contribution in [3.05, 3.63) is 24.3 Å². The fourth-order valence-electron chi connectivity index (χ4n) is 2.59. The molecule has 19 heavy (non-hydrogen) atoms. The smallest absolute Gasteiger partial charge is 0.223 e. The van der Waals surface area contributed by atoms with Crippen LogP contribution >= 0.6 is 11.5 Å². The molecule has 1 aromatic carbocycles. The van der Waals surface area contributed by atoms with Crippen LogP contribution in [-0.4, -0.2) is 51.9 Å². The Bertz CT molecular complexity index is 723. The van der Waals surface area contributed by atoms with Gasteiger partial charge in [-0.05, 0) is 19.2 Å². The van der Waals surface area contributed by atoms with Gasteiger partial charge in [0.1, 0.15) is 0 Å². The quantitative estimate of drug-likeness (QED) is 0.676. The molecule has 1 aliphatic heterocycles. The van der Waals surface area contributed by atoms with E-state index in [2.05, 4.69) is 48.8 Å². The van der Waals surface area contributed by atoms with Gasteiger partial charge in [0.15, 0.2) is 0 Å². The highest BCUT2D eigenvalue weighted by molar-refractivity contribution is 7.11. The third-order valence-corrected chi connectivity index (χ3v) is 4.42. The fourth-order valence-corrected chi connectivity index (χ4v) is 3.35. The van der Waals surface area contributed by atoms with Gasteiger partial charge in [-0.25, -0.2) is 4.98 Å². The first-order valence-corrected chi connectivity index (χ1v) is 7.26. The van der Waals surface area contributed by atoms with E-state index >= 15 is 0 Å². The number of aromatic nitrogens is 3. The van der Waals surface area contributed by atoms with Crippen LogP contribution in [0.4, 0.5) is 5.95 Å². The van der Waals surface area contributed by atoms with E-state index in [9.17, 15) is 0 Å². The summed E-state index contributed by atoms with van der Waals surface area (Å²) in [5.41, 5.74) is 2.20. The highest BCUT2D eigenvalue weighted by atomic mass is 32.1. The lowest BCUT2D eigenvalue weighted by Crippen LogP contribution is -2.45. The van der Waals surface area contributed by atoms with Crippen molar-refractivity contribution in [1.82, 2.24) is 18.7 Å². The first-order valence-electron chi connectivity index (χ1n) is 6.49. The van der Waals surface area contributed by atoms with Crippen LogP contribution in [0, 0.1) is 0 Å². The van der Waals surface area contributed by atoms with Crippen LogP contribution in [0.1, 0.15) is 0 Å². The Kier molecular flexibility index (Phi) is 2.46. The summed E-state index contributed by atoms with van der Waals surface area (Å²) in [6, 6.07) is 8.26. The van der Waals surface area contributed by atoms with E-state index in [1.165, 1.54) is 11.5 Å². The topological polar surface area (TPSA) is 36.7 Å². The summed E-state index contributed by atoms with van der Waals surface area (Å²) in [4.78, 5) is 10.3. The van der Waals surface area contributed by atoms with Crippen molar-refractivity contribution < 1.29 is 0 Å². The number of benzene rings is 1. The van der Waals surface area contributed by atoms with Crippen LogP contribution in [0.3, 0.4) is 0 Å². The fraction of sp³-hybridized carbons (Fsp3) is 0.385. The number of piperazine rings is 1. The molecule has 1 fully saturated rings. The van der Waals surface area contributed by atoms with E-state index in [1.54, 1.807) is 0 Å². The highest BCUT2D eigenvalue weighted by Gasteiger charge is 2.20. The lowest BCUT2D eigenvalue weighted by atomic mass is 10.3. The zero-order valence-corrected chi connectivity index (χ0v) is 11.6. The van der Waals surface area contributed by atoms with Gasteiger partial charge in [0.2, 0.25) is 10.9 Å². The Balaban J connectivity index is 1.85. The summed E-state index contributed by atoms with van der Waals surface area (Å²) >= 11 is 1.48. The molecule has 1 saturated heterocycles. The summed E-state index contributed by atoms with van der Waals surface area (Å²) < 4.78 is 6.79. The van der Waals surface area contributed by atoms with Crippen molar-refractivity contribution in [3.8, 4) is 0 Å². The largest absolute Gasteiger partial charge is 0.339 e. The van der Waals surface area contributed by atoms with E-state index in [0.29, 0.717) is 0 Å². The van der Waals surface area contributed by atoms with Crippen LogP contribution in [0.15, 0.2) is 24.3 Å². The molecule has 5 nitrogen and oxygen atoms in total. The molecular weight excluding hydrogens is 258 g/mol. The van der Waals surface area contributed by atoms with E-state index in [-0.39, 0.29) is 0 Å². The van der Waals surface area contributed by atoms with Crippen molar-refractivity contribution in [1.29, 1.82) is 0 Å². The molecular formula is C13H15N5S. The third kappa shape index (κ3) is 1.71. The molecule has 3 heterocycles. The summed E-state index contributed by atoms with van der Waals surface area (Å²) in [5, 5.41) is 0. The van der Waals surface area contributed by atoms with Gasteiger partial charge in [-0.1, -0.05) is 12.1 Å². The predicted molar refractivity (Wildman–Crippen MR) is 78.1 cm³/mol. The summed E-state index contributed by atoms with van der Waals surface area (Å²) in [5.74, 6) is 1.04. The number of hydrogen-bond donors (Lipinski definition) is 0. The molecule has 6 heteroatoms. The van der Waals surface area contributed by atoms with Gasteiger partial charge in [0.25, 0.3) is 0 Å². The number of anilines is 1. The lowest BCUT2D eigenvalue weighted by Gasteiger charge is -2.32. The van der Waals surface area contributed by atoms with Gasteiger partial charge >= 0.3 is 0 Å². The van der Waals surface area contributed by atoms with Gasteiger partial charge in [-0.15, -0.1) is 0 Å². The van der Waals surface area contributed by atoms with Crippen LogP contribution in [0.5, 0.6) is 0 Å². The van der Waals surface area contributed by atoms with Crippen molar-refractivity contribution in [2.75, 3.05) is 38.1 Å². The first kappa shape index (κ1) is 11.2. The minimum atomic E-state index is 0.982. The van der Waals surface area contributed by atoms with Gasteiger partial charge in [-0.3, -0.25) is 4.40 Å². The second-order valence-corrected chi connectivity index (χ2v) is 5.72. The Morgan fingerprint density at radius 3 is 2.74 bits per heavy atom. The van der Waals surface area contributed by atoms with Crippen molar-refractivity contribution in [2.45, 2.75) is 0 Å². The second kappa shape index (κ2) is 4.18. The molecule has 0 aliphatic carbocycles. The molecule has 4 rings (SSSR count). The van der Waals surface area contributed by atoms with Gasteiger partial charge in [-0.2, -0.15) is 4.37 Å². The molecule has 0 atom stereocenters. The number of fused-ring (bicyclic) bond motifs is 3. The van der Waals surface area contributed by atoms with Crippen LogP contribution in [-0.2, 0) is 0 Å². The lowest BCUT2D eigenvalue weighted by molar-refractivity contribution is 0.311. The Morgan fingerprint density at radius 2 is 1.89 bits per heavy atom. The molecule has 98 valence electrons. The Morgan fingerprint density at radius 1 is 1.11 bits per heavy atom. The SMILES string of the molecule is CN1CCN(c2nsc3nc4ccccc4n23)CC1. The van der Waals surface area contributed by atoms with Crippen molar-refractivity contribution in [3.63, 3.8) is 0 Å². The van der Waals surface area contributed by atoms with Crippen LogP contribution < -0.4 is 4.90 Å². The summed E-state index contributed by atoms with van der Waals surface area (Å²) in [7, 11) is 2.17. The van der Waals surface area contributed by atoms with E-state index in [4.69, 9.17) is 0 Å². The van der Waals surface area contributed by atoms with Crippen molar-refractivity contribution in [2.24, 2.45) is 0 Å². The van der Waals surface area contributed by atoms with E-state index < -0.39 is 0 Å². The Hall–Kier alpha value is -1.66. The molecule has 0 N–H and O–H groups in total. The standard InChI is InChI=1S/C13H15N5S/c1-16-6-8-17(9-7-16)12-15-19-13-14-10-4-2-3-5-11(10)18(12)13/h2-5H,6-9H2,1H3. The highest BCUT2D eigenvalue weighted by Crippen LogP contribution is 2.26. The van der Waals surface area contributed by atoms with Crippen LogP contribution in [0.25, 0.3) is 16.0 Å². The second-order valence-electron chi connectivity index (χ2n) is 4.99. The zero-order valence-electron chi connectivity index (χ0n) is 10.8. The molecule has 0 unspecified atom stereocenters. The average Bonchev–Trinajstić information content (AvgIpc) is 2.98.